The molecule has 0 saturated heterocycles. The van der Waals surface area contributed by atoms with Crippen LogP contribution in [0.2, 0.25) is 5.15 Å². The lowest BCUT2D eigenvalue weighted by Gasteiger charge is -2.20. The minimum absolute atomic E-state index is 0.128. The summed E-state index contributed by atoms with van der Waals surface area (Å²) in [4.78, 5) is 14.7. The quantitative estimate of drug-likeness (QED) is 0.676. The molecule has 20 heavy (non-hydrogen) atoms. The van der Waals surface area contributed by atoms with Crippen molar-refractivity contribution in [3.05, 3.63) is 16.3 Å². The average molecular weight is 313 g/mol. The van der Waals surface area contributed by atoms with E-state index in [2.05, 4.69) is 15.0 Å². The van der Waals surface area contributed by atoms with Crippen LogP contribution in [0.1, 0.15) is 25.0 Å². The number of hydrazine groups is 1. The second-order valence-corrected chi connectivity index (χ2v) is 4.04. The van der Waals surface area contributed by atoms with Crippen LogP contribution in [0, 0.1) is 0 Å². The highest BCUT2D eigenvalue weighted by Crippen LogP contribution is 2.26. The third kappa shape index (κ3) is 3.48. The van der Waals surface area contributed by atoms with E-state index < -0.39 is 12.1 Å². The van der Waals surface area contributed by atoms with Gasteiger partial charge in [-0.25, -0.2) is 10.6 Å². The molecule has 2 N–H and O–H groups in total. The third-order valence-corrected chi connectivity index (χ3v) is 2.75. The normalized spacial score (nSPS) is 11.3. The summed E-state index contributed by atoms with van der Waals surface area (Å²) < 4.78 is 36.3. The molecule has 0 radical (unpaired) electrons. The topological polar surface area (TPSA) is 81.3 Å². The van der Waals surface area contributed by atoms with Gasteiger partial charge in [-0.05, 0) is 18.4 Å². The van der Waals surface area contributed by atoms with Gasteiger partial charge in [0, 0.05) is 5.56 Å². The lowest BCUT2D eigenvalue weighted by molar-refractivity contribution is -0.201. The molecular weight excluding hydrogens is 301 g/mol. The summed E-state index contributed by atoms with van der Waals surface area (Å²) in [6.07, 6.45) is -4.30. The van der Waals surface area contributed by atoms with E-state index in [0.717, 1.165) is 0 Å². The Morgan fingerprint density at radius 2 is 1.85 bits per heavy atom. The standard InChI is InChI=1S/C10H12ClF3N4O2/c1-3-5-6(4-2)8(17-16-7(5)11)18(15)20-9(19)10(12,13)14/h3-4,15H2,1-2H3. The van der Waals surface area contributed by atoms with Crippen LogP contribution in [-0.2, 0) is 22.5 Å². The Balaban J connectivity index is 3.11. The van der Waals surface area contributed by atoms with Crippen molar-refractivity contribution in [1.29, 1.82) is 0 Å². The molecule has 1 heterocycles. The number of halogens is 4. The number of nitrogens with zero attached hydrogens (tertiary/aromatic N) is 3. The van der Waals surface area contributed by atoms with Crippen LogP contribution in [0.4, 0.5) is 19.0 Å². The zero-order valence-electron chi connectivity index (χ0n) is 10.7. The minimum atomic E-state index is -5.16. The summed E-state index contributed by atoms with van der Waals surface area (Å²) in [5, 5.41) is 7.42. The number of hydrogen-bond acceptors (Lipinski definition) is 6. The minimum Gasteiger partial charge on any atom is -0.315 e. The molecule has 6 nitrogen and oxygen atoms in total. The molecule has 0 bridgehead atoms. The van der Waals surface area contributed by atoms with Crippen molar-refractivity contribution in [2.45, 2.75) is 32.9 Å². The maximum Gasteiger partial charge on any atom is 0.493 e. The molecule has 0 aromatic carbocycles. The van der Waals surface area contributed by atoms with E-state index in [1.54, 1.807) is 13.8 Å². The van der Waals surface area contributed by atoms with E-state index >= 15 is 0 Å². The van der Waals surface area contributed by atoms with Gasteiger partial charge in [0.1, 0.15) is 0 Å². The average Bonchev–Trinajstić information content (AvgIpc) is 2.36. The van der Waals surface area contributed by atoms with E-state index in [0.29, 0.717) is 24.0 Å². The molecule has 0 aliphatic rings. The first kappa shape index (κ1) is 16.4. The maximum absolute atomic E-state index is 12.1. The Morgan fingerprint density at radius 3 is 2.30 bits per heavy atom. The summed E-state index contributed by atoms with van der Waals surface area (Å²) in [5.74, 6) is 2.65. The van der Waals surface area contributed by atoms with Crippen LogP contribution < -0.4 is 11.0 Å². The molecule has 0 amide bonds. The van der Waals surface area contributed by atoms with Crippen LogP contribution in [0.25, 0.3) is 0 Å². The highest BCUT2D eigenvalue weighted by molar-refractivity contribution is 6.30. The Bertz CT molecular complexity index is 510. The van der Waals surface area contributed by atoms with Crippen molar-refractivity contribution in [2.24, 2.45) is 5.84 Å². The van der Waals surface area contributed by atoms with Gasteiger partial charge < -0.3 is 4.84 Å². The van der Waals surface area contributed by atoms with Crippen molar-refractivity contribution in [2.75, 3.05) is 5.17 Å². The second kappa shape index (κ2) is 6.23. The summed E-state index contributed by atoms with van der Waals surface area (Å²) in [5.41, 5.74) is 1.04. The number of nitrogens with two attached hydrogens (primary N) is 1. The SMILES string of the molecule is CCc1c(Cl)nnc(N(N)OC(=O)C(F)(F)F)c1CC. The molecule has 1 aromatic heterocycles. The summed E-state index contributed by atoms with van der Waals surface area (Å²) in [6.45, 7) is 3.52. The molecule has 0 saturated carbocycles. The summed E-state index contributed by atoms with van der Waals surface area (Å²) >= 11 is 5.84. The first-order chi connectivity index (χ1) is 9.22. The van der Waals surface area contributed by atoms with Gasteiger partial charge in [-0.2, -0.15) is 13.2 Å². The number of alkyl halides is 3. The maximum atomic E-state index is 12.1. The third-order valence-electron chi connectivity index (χ3n) is 2.44. The fourth-order valence-electron chi connectivity index (χ4n) is 1.56. The molecule has 1 rings (SSSR count). The van der Waals surface area contributed by atoms with E-state index in [4.69, 9.17) is 17.4 Å². The van der Waals surface area contributed by atoms with Gasteiger partial charge in [-0.3, -0.25) is 0 Å². The number of rotatable bonds is 4. The second-order valence-electron chi connectivity index (χ2n) is 3.68. The number of hydrogen-bond donors (Lipinski definition) is 1. The Morgan fingerprint density at radius 1 is 1.30 bits per heavy atom. The summed E-state index contributed by atoms with van der Waals surface area (Å²) in [7, 11) is 0. The van der Waals surface area contributed by atoms with Gasteiger partial charge in [-0.15, -0.1) is 15.4 Å². The smallest absolute Gasteiger partial charge is 0.315 e. The van der Waals surface area contributed by atoms with E-state index in [1.807, 2.05) is 0 Å². The molecule has 0 fully saturated rings. The van der Waals surface area contributed by atoms with Crippen LogP contribution >= 0.6 is 11.6 Å². The molecular formula is C10H12ClF3N4O2. The van der Waals surface area contributed by atoms with Crippen molar-refractivity contribution in [3.63, 3.8) is 0 Å². The van der Waals surface area contributed by atoms with Gasteiger partial charge in [0.25, 0.3) is 0 Å². The van der Waals surface area contributed by atoms with Gasteiger partial charge in [-0.1, -0.05) is 25.4 Å². The first-order valence-corrected chi connectivity index (χ1v) is 5.98. The monoisotopic (exact) mass is 312 g/mol. The van der Waals surface area contributed by atoms with E-state index in [-0.39, 0.29) is 16.1 Å². The number of carbonyl (C=O) groups excluding carboxylic acids is 1. The molecule has 0 aliphatic carbocycles. The predicted octanol–water partition coefficient (Wildman–Crippen LogP) is 1.96. The molecule has 1 aromatic rings. The Hall–Kier alpha value is -1.61. The largest absolute Gasteiger partial charge is 0.493 e. The zero-order chi connectivity index (χ0) is 15.5. The highest BCUT2D eigenvalue weighted by Gasteiger charge is 2.43. The van der Waals surface area contributed by atoms with Gasteiger partial charge in [0.05, 0.1) is 0 Å². The van der Waals surface area contributed by atoms with Crippen molar-refractivity contribution >= 4 is 23.4 Å². The van der Waals surface area contributed by atoms with Gasteiger partial charge in [0.2, 0.25) is 5.82 Å². The lowest BCUT2D eigenvalue weighted by atomic mass is 10.1. The Labute approximate surface area is 117 Å². The molecule has 0 spiro atoms. The van der Waals surface area contributed by atoms with E-state index in [1.165, 1.54) is 0 Å². The van der Waals surface area contributed by atoms with Gasteiger partial charge >= 0.3 is 12.1 Å². The predicted molar refractivity (Wildman–Crippen MR) is 64.6 cm³/mol. The van der Waals surface area contributed by atoms with Crippen LogP contribution in [0.15, 0.2) is 0 Å². The van der Waals surface area contributed by atoms with Crippen molar-refractivity contribution < 1.29 is 22.8 Å². The lowest BCUT2D eigenvalue weighted by Crippen LogP contribution is -2.40. The van der Waals surface area contributed by atoms with Crippen LogP contribution in [0.3, 0.4) is 0 Å². The van der Waals surface area contributed by atoms with Crippen LogP contribution in [0.5, 0.6) is 0 Å². The summed E-state index contributed by atoms with van der Waals surface area (Å²) in [6, 6.07) is 0. The number of anilines is 1. The zero-order valence-corrected chi connectivity index (χ0v) is 11.4. The molecule has 0 atom stereocenters. The first-order valence-electron chi connectivity index (χ1n) is 5.60. The number of carbonyl (C=O) groups is 1. The molecule has 112 valence electrons. The van der Waals surface area contributed by atoms with Gasteiger partial charge in [0.15, 0.2) is 5.15 Å². The number of aromatic nitrogens is 2. The molecule has 0 aliphatic heterocycles. The molecule has 10 heteroatoms. The molecule has 0 unspecified atom stereocenters. The fourth-order valence-corrected chi connectivity index (χ4v) is 1.85. The van der Waals surface area contributed by atoms with Crippen molar-refractivity contribution in [3.8, 4) is 0 Å². The van der Waals surface area contributed by atoms with Crippen molar-refractivity contribution in [1.82, 2.24) is 10.2 Å². The van der Waals surface area contributed by atoms with Crippen LogP contribution in [-0.4, -0.2) is 22.3 Å². The van der Waals surface area contributed by atoms with E-state index in [9.17, 15) is 18.0 Å². The Kier molecular flexibility index (Phi) is 5.12. The fraction of sp³-hybridized carbons (Fsp3) is 0.500. The highest BCUT2D eigenvalue weighted by atomic mass is 35.5.